The minimum absolute atomic E-state index is 0.252. The molecule has 0 aliphatic carbocycles. The molecule has 0 aliphatic rings. The van der Waals surface area contributed by atoms with Crippen LogP contribution in [-0.4, -0.2) is 11.8 Å². The highest BCUT2D eigenvalue weighted by molar-refractivity contribution is 9.10. The highest BCUT2D eigenvalue weighted by atomic mass is 79.9. The molecule has 0 radical (unpaired) electrons. The minimum Gasteiger partial charge on any atom is -0.326 e. The topological polar surface area (TPSA) is 58.2 Å². The SMILES string of the molecule is Cc1cc(NC(=O)CC(=O)Nc2ccc(Cl)cc2)ccc1Br. The number of amides is 2. The third-order valence-corrected chi connectivity index (χ3v) is 4.03. The molecule has 2 rings (SSSR count). The van der Waals surface area contributed by atoms with Gasteiger partial charge in [0.15, 0.2) is 0 Å². The lowest BCUT2D eigenvalue weighted by Gasteiger charge is -2.08. The van der Waals surface area contributed by atoms with Crippen molar-refractivity contribution in [3.63, 3.8) is 0 Å². The van der Waals surface area contributed by atoms with Crippen molar-refractivity contribution in [3.05, 3.63) is 57.5 Å². The first kappa shape index (κ1) is 16.5. The molecular formula is C16H14BrClN2O2. The number of anilines is 2. The number of benzene rings is 2. The Balaban J connectivity index is 1.89. The lowest BCUT2D eigenvalue weighted by atomic mass is 10.2. The van der Waals surface area contributed by atoms with Crippen LogP contribution in [0.2, 0.25) is 5.02 Å². The molecule has 4 nitrogen and oxygen atoms in total. The normalized spacial score (nSPS) is 10.1. The van der Waals surface area contributed by atoms with E-state index >= 15 is 0 Å². The van der Waals surface area contributed by atoms with Gasteiger partial charge in [0.1, 0.15) is 6.42 Å². The molecule has 0 aliphatic heterocycles. The molecule has 0 unspecified atom stereocenters. The largest absolute Gasteiger partial charge is 0.326 e. The van der Waals surface area contributed by atoms with Crippen LogP contribution >= 0.6 is 27.5 Å². The van der Waals surface area contributed by atoms with Crippen molar-refractivity contribution in [1.82, 2.24) is 0 Å². The lowest BCUT2D eigenvalue weighted by Crippen LogP contribution is -2.21. The highest BCUT2D eigenvalue weighted by Crippen LogP contribution is 2.20. The predicted molar refractivity (Wildman–Crippen MR) is 92.2 cm³/mol. The quantitative estimate of drug-likeness (QED) is 0.772. The zero-order valence-electron chi connectivity index (χ0n) is 11.8. The molecule has 2 aromatic carbocycles. The molecule has 22 heavy (non-hydrogen) atoms. The van der Waals surface area contributed by atoms with Gasteiger partial charge in [0.05, 0.1) is 0 Å². The first-order valence-corrected chi connectivity index (χ1v) is 7.72. The van der Waals surface area contributed by atoms with E-state index in [9.17, 15) is 9.59 Å². The van der Waals surface area contributed by atoms with Crippen LogP contribution in [0.3, 0.4) is 0 Å². The van der Waals surface area contributed by atoms with Gasteiger partial charge in [-0.3, -0.25) is 9.59 Å². The van der Waals surface area contributed by atoms with Crippen molar-refractivity contribution in [1.29, 1.82) is 0 Å². The average molecular weight is 382 g/mol. The second-order valence-electron chi connectivity index (χ2n) is 4.74. The summed E-state index contributed by atoms with van der Waals surface area (Å²) in [7, 11) is 0. The number of rotatable bonds is 4. The van der Waals surface area contributed by atoms with Crippen LogP contribution in [0.25, 0.3) is 0 Å². The fourth-order valence-corrected chi connectivity index (χ4v) is 2.18. The second-order valence-corrected chi connectivity index (χ2v) is 6.03. The second kappa shape index (κ2) is 7.42. The molecule has 0 saturated heterocycles. The Labute approximate surface area is 142 Å². The zero-order chi connectivity index (χ0) is 16.1. The van der Waals surface area contributed by atoms with Crippen molar-refractivity contribution in [2.24, 2.45) is 0 Å². The molecule has 0 aromatic heterocycles. The van der Waals surface area contributed by atoms with E-state index in [1.807, 2.05) is 19.1 Å². The maximum absolute atomic E-state index is 11.9. The van der Waals surface area contributed by atoms with Crippen LogP contribution in [-0.2, 0) is 9.59 Å². The molecule has 0 bridgehead atoms. The molecule has 2 amide bonds. The monoisotopic (exact) mass is 380 g/mol. The Morgan fingerprint density at radius 1 is 1.00 bits per heavy atom. The third kappa shape index (κ3) is 4.86. The first-order chi connectivity index (χ1) is 10.4. The van der Waals surface area contributed by atoms with Crippen molar-refractivity contribution in [2.45, 2.75) is 13.3 Å². The van der Waals surface area contributed by atoms with E-state index < -0.39 is 0 Å². The molecular weight excluding hydrogens is 368 g/mol. The summed E-state index contributed by atoms with van der Waals surface area (Å²) in [6.07, 6.45) is -0.252. The van der Waals surface area contributed by atoms with Crippen molar-refractivity contribution >= 4 is 50.7 Å². The molecule has 0 fully saturated rings. The summed E-state index contributed by atoms with van der Waals surface area (Å²) in [6, 6.07) is 12.1. The van der Waals surface area contributed by atoms with E-state index in [1.54, 1.807) is 30.3 Å². The predicted octanol–water partition coefficient (Wildman–Crippen LogP) is 4.38. The summed E-state index contributed by atoms with van der Waals surface area (Å²) in [5, 5.41) is 5.92. The summed E-state index contributed by atoms with van der Waals surface area (Å²) >= 11 is 9.16. The molecule has 0 saturated carbocycles. The van der Waals surface area contributed by atoms with Gasteiger partial charge < -0.3 is 10.6 Å². The van der Waals surface area contributed by atoms with Gasteiger partial charge in [0.25, 0.3) is 0 Å². The summed E-state index contributed by atoms with van der Waals surface area (Å²) in [5.41, 5.74) is 2.26. The standard InChI is InChI=1S/C16H14BrClN2O2/c1-10-8-13(6-7-14(10)17)20-16(22)9-15(21)19-12-4-2-11(18)3-5-12/h2-8H,9H2,1H3,(H,19,21)(H,20,22). The van der Waals surface area contributed by atoms with Crippen LogP contribution in [0.15, 0.2) is 46.9 Å². The fourth-order valence-electron chi connectivity index (χ4n) is 1.81. The molecule has 2 aromatic rings. The van der Waals surface area contributed by atoms with E-state index in [1.165, 1.54) is 0 Å². The zero-order valence-corrected chi connectivity index (χ0v) is 14.2. The molecule has 0 heterocycles. The van der Waals surface area contributed by atoms with E-state index in [2.05, 4.69) is 26.6 Å². The number of hydrogen-bond donors (Lipinski definition) is 2. The number of hydrogen-bond acceptors (Lipinski definition) is 2. The summed E-state index contributed by atoms with van der Waals surface area (Å²) in [6.45, 7) is 1.92. The Kier molecular flexibility index (Phi) is 5.57. The molecule has 6 heteroatoms. The Morgan fingerprint density at radius 2 is 1.55 bits per heavy atom. The summed E-state index contributed by atoms with van der Waals surface area (Å²) < 4.78 is 0.964. The van der Waals surface area contributed by atoms with Crippen LogP contribution in [0.1, 0.15) is 12.0 Å². The Hall–Kier alpha value is -1.85. The third-order valence-electron chi connectivity index (χ3n) is 2.89. The maximum atomic E-state index is 11.9. The molecule has 0 atom stereocenters. The van der Waals surface area contributed by atoms with Gasteiger partial charge in [0.2, 0.25) is 11.8 Å². The Bertz CT molecular complexity index is 702. The molecule has 114 valence electrons. The average Bonchev–Trinajstić information content (AvgIpc) is 2.45. The van der Waals surface area contributed by atoms with Gasteiger partial charge in [0, 0.05) is 20.9 Å². The molecule has 0 spiro atoms. The van der Waals surface area contributed by atoms with Crippen molar-refractivity contribution in [3.8, 4) is 0 Å². The maximum Gasteiger partial charge on any atom is 0.233 e. The van der Waals surface area contributed by atoms with Crippen molar-refractivity contribution < 1.29 is 9.59 Å². The lowest BCUT2D eigenvalue weighted by molar-refractivity contribution is -0.123. The number of carbonyl (C=O) groups excluding carboxylic acids is 2. The van der Waals surface area contributed by atoms with E-state index in [0.717, 1.165) is 10.0 Å². The van der Waals surface area contributed by atoms with E-state index in [0.29, 0.717) is 16.4 Å². The van der Waals surface area contributed by atoms with Crippen molar-refractivity contribution in [2.75, 3.05) is 10.6 Å². The van der Waals surface area contributed by atoms with E-state index in [4.69, 9.17) is 11.6 Å². The van der Waals surface area contributed by atoms with Crippen LogP contribution in [0.5, 0.6) is 0 Å². The Morgan fingerprint density at radius 3 is 2.14 bits per heavy atom. The smallest absolute Gasteiger partial charge is 0.233 e. The number of aryl methyl sites for hydroxylation is 1. The van der Waals surface area contributed by atoms with Gasteiger partial charge in [-0.15, -0.1) is 0 Å². The van der Waals surface area contributed by atoms with Crippen LogP contribution < -0.4 is 10.6 Å². The molecule has 2 N–H and O–H groups in total. The number of carbonyl (C=O) groups is 2. The summed E-state index contributed by atoms with van der Waals surface area (Å²) in [5.74, 6) is -0.748. The van der Waals surface area contributed by atoms with Gasteiger partial charge in [-0.25, -0.2) is 0 Å². The van der Waals surface area contributed by atoms with Gasteiger partial charge in [-0.05, 0) is 55.0 Å². The minimum atomic E-state index is -0.381. The van der Waals surface area contributed by atoms with Gasteiger partial charge in [-0.1, -0.05) is 27.5 Å². The number of nitrogens with one attached hydrogen (secondary N) is 2. The van der Waals surface area contributed by atoms with E-state index in [-0.39, 0.29) is 18.2 Å². The first-order valence-electron chi connectivity index (χ1n) is 6.55. The summed E-state index contributed by atoms with van der Waals surface area (Å²) in [4.78, 5) is 23.7. The van der Waals surface area contributed by atoms with Crippen LogP contribution in [0, 0.1) is 6.92 Å². The van der Waals surface area contributed by atoms with Gasteiger partial charge in [-0.2, -0.15) is 0 Å². The fraction of sp³-hybridized carbons (Fsp3) is 0.125. The number of halogens is 2. The van der Waals surface area contributed by atoms with Gasteiger partial charge >= 0.3 is 0 Å². The highest BCUT2D eigenvalue weighted by Gasteiger charge is 2.10. The van der Waals surface area contributed by atoms with Crippen LogP contribution in [0.4, 0.5) is 11.4 Å².